The molecule has 0 saturated heterocycles. The van der Waals surface area contributed by atoms with Crippen LogP contribution in [0.5, 0.6) is 5.75 Å². The number of nitrogens with two attached hydrogens (primary N) is 1. The maximum absolute atomic E-state index is 12.4. The molecule has 104 valence electrons. The van der Waals surface area contributed by atoms with E-state index in [9.17, 15) is 4.79 Å². The first-order chi connectivity index (χ1) is 9.15. The fraction of sp³-hybridized carbons (Fsp3) is 0.533. The maximum Gasteiger partial charge on any atom is 0.140 e. The van der Waals surface area contributed by atoms with Gasteiger partial charge in [-0.3, -0.25) is 4.79 Å². The van der Waals surface area contributed by atoms with Gasteiger partial charge in [0.1, 0.15) is 11.5 Å². The molecule has 4 heteroatoms. The van der Waals surface area contributed by atoms with Crippen LogP contribution in [0.1, 0.15) is 24.8 Å². The lowest BCUT2D eigenvalue weighted by Crippen LogP contribution is -2.26. The molecule has 1 saturated carbocycles. The Balaban J connectivity index is 2.10. The molecular weight excluding hydrogens is 306 g/mol. The molecule has 2 N–H and O–H groups in total. The van der Waals surface area contributed by atoms with E-state index < -0.39 is 0 Å². The Morgan fingerprint density at radius 1 is 1.47 bits per heavy atom. The Morgan fingerprint density at radius 3 is 2.95 bits per heavy atom. The lowest BCUT2D eigenvalue weighted by Gasteiger charge is -2.17. The van der Waals surface area contributed by atoms with E-state index in [4.69, 9.17) is 10.5 Å². The summed E-state index contributed by atoms with van der Waals surface area (Å²) in [6, 6.07) is 5.74. The van der Waals surface area contributed by atoms with Crippen molar-refractivity contribution in [2.75, 3.05) is 13.7 Å². The summed E-state index contributed by atoms with van der Waals surface area (Å²) >= 11 is 3.50. The van der Waals surface area contributed by atoms with Gasteiger partial charge < -0.3 is 10.5 Å². The van der Waals surface area contributed by atoms with Crippen molar-refractivity contribution in [2.45, 2.75) is 25.7 Å². The van der Waals surface area contributed by atoms with E-state index in [2.05, 4.69) is 15.9 Å². The average Bonchev–Trinajstić information content (AvgIpc) is 2.89. The lowest BCUT2D eigenvalue weighted by atomic mass is 9.89. The second-order valence-corrected chi connectivity index (χ2v) is 5.99. The van der Waals surface area contributed by atoms with E-state index in [1.54, 1.807) is 7.11 Å². The minimum absolute atomic E-state index is 0.142. The average molecular weight is 326 g/mol. The Bertz CT molecular complexity index is 461. The van der Waals surface area contributed by atoms with Crippen LogP contribution in [0.2, 0.25) is 0 Å². The zero-order chi connectivity index (χ0) is 13.8. The number of ether oxygens (including phenoxy) is 1. The van der Waals surface area contributed by atoms with Crippen LogP contribution in [0, 0.1) is 11.8 Å². The molecular formula is C15H20BrNO2. The minimum Gasteiger partial charge on any atom is -0.497 e. The zero-order valence-electron chi connectivity index (χ0n) is 11.2. The molecule has 3 nitrogen and oxygen atoms in total. The number of ketones is 1. The summed E-state index contributed by atoms with van der Waals surface area (Å²) in [5.41, 5.74) is 6.74. The summed E-state index contributed by atoms with van der Waals surface area (Å²) in [6.07, 6.45) is 3.66. The van der Waals surface area contributed by atoms with Crippen LogP contribution in [0.4, 0.5) is 0 Å². The predicted molar refractivity (Wildman–Crippen MR) is 79.3 cm³/mol. The van der Waals surface area contributed by atoms with Gasteiger partial charge in [0.05, 0.1) is 7.11 Å². The first-order valence-corrected chi connectivity index (χ1v) is 7.50. The van der Waals surface area contributed by atoms with Crippen LogP contribution < -0.4 is 10.5 Å². The normalized spacial score (nSPS) is 22.5. The van der Waals surface area contributed by atoms with Crippen molar-refractivity contribution in [1.82, 2.24) is 0 Å². The second kappa shape index (κ2) is 6.53. The molecule has 2 rings (SSSR count). The molecule has 0 amide bonds. The molecule has 19 heavy (non-hydrogen) atoms. The standard InChI is InChI=1S/C15H20BrNO2/c1-19-12-5-6-14(16)11(7-12)8-15(18)13-4-2-3-10(13)9-17/h5-7,10,13H,2-4,8-9,17H2,1H3. The van der Waals surface area contributed by atoms with Gasteiger partial charge in [-0.25, -0.2) is 0 Å². The van der Waals surface area contributed by atoms with E-state index in [0.29, 0.717) is 24.7 Å². The van der Waals surface area contributed by atoms with Crippen molar-refractivity contribution in [1.29, 1.82) is 0 Å². The Hall–Kier alpha value is -0.870. The zero-order valence-corrected chi connectivity index (χ0v) is 12.8. The van der Waals surface area contributed by atoms with Gasteiger partial charge in [-0.05, 0) is 49.1 Å². The molecule has 0 heterocycles. The monoisotopic (exact) mass is 325 g/mol. The van der Waals surface area contributed by atoms with Crippen molar-refractivity contribution in [3.8, 4) is 5.75 Å². The molecule has 0 aromatic heterocycles. The molecule has 1 fully saturated rings. The molecule has 1 aliphatic carbocycles. The number of hydrogen-bond donors (Lipinski definition) is 1. The number of carbonyl (C=O) groups is 1. The van der Waals surface area contributed by atoms with Gasteiger partial charge in [0.15, 0.2) is 0 Å². The van der Waals surface area contributed by atoms with Crippen LogP contribution in [0.25, 0.3) is 0 Å². The summed E-state index contributed by atoms with van der Waals surface area (Å²) in [6.45, 7) is 0.621. The number of halogens is 1. The van der Waals surface area contributed by atoms with Gasteiger partial charge in [-0.1, -0.05) is 22.4 Å². The quantitative estimate of drug-likeness (QED) is 0.905. The number of rotatable bonds is 5. The van der Waals surface area contributed by atoms with E-state index in [0.717, 1.165) is 35.0 Å². The molecule has 1 aliphatic rings. The first kappa shape index (κ1) is 14.5. The summed E-state index contributed by atoms with van der Waals surface area (Å²) < 4.78 is 6.17. The lowest BCUT2D eigenvalue weighted by molar-refractivity contribution is -0.123. The third-order valence-corrected chi connectivity index (χ3v) is 4.77. The van der Waals surface area contributed by atoms with Crippen molar-refractivity contribution in [3.05, 3.63) is 28.2 Å². The first-order valence-electron chi connectivity index (χ1n) is 6.71. The summed E-state index contributed by atoms with van der Waals surface area (Å²) in [5, 5.41) is 0. The fourth-order valence-electron chi connectivity index (χ4n) is 2.88. The summed E-state index contributed by atoms with van der Waals surface area (Å²) in [7, 11) is 1.64. The van der Waals surface area contributed by atoms with Gasteiger partial charge in [-0.2, -0.15) is 0 Å². The van der Waals surface area contributed by atoms with Gasteiger partial charge in [-0.15, -0.1) is 0 Å². The van der Waals surface area contributed by atoms with E-state index in [1.165, 1.54) is 0 Å². The van der Waals surface area contributed by atoms with E-state index in [-0.39, 0.29) is 5.92 Å². The van der Waals surface area contributed by atoms with Gasteiger partial charge in [0.2, 0.25) is 0 Å². The molecule has 0 spiro atoms. The minimum atomic E-state index is 0.142. The topological polar surface area (TPSA) is 52.3 Å². The van der Waals surface area contributed by atoms with Crippen LogP contribution in [-0.4, -0.2) is 19.4 Å². The molecule has 2 unspecified atom stereocenters. The molecule has 0 bridgehead atoms. The highest BCUT2D eigenvalue weighted by atomic mass is 79.9. The van der Waals surface area contributed by atoms with Gasteiger partial charge in [0, 0.05) is 16.8 Å². The predicted octanol–water partition coefficient (Wildman–Crippen LogP) is 2.94. The number of benzene rings is 1. The SMILES string of the molecule is COc1ccc(Br)c(CC(=O)C2CCCC2CN)c1. The van der Waals surface area contributed by atoms with Crippen molar-refractivity contribution in [3.63, 3.8) is 0 Å². The molecule has 0 aliphatic heterocycles. The smallest absolute Gasteiger partial charge is 0.140 e. The number of Topliss-reactive ketones (excluding diaryl/α,β-unsaturated/α-hetero) is 1. The molecule has 0 radical (unpaired) electrons. The van der Waals surface area contributed by atoms with Gasteiger partial charge in [0.25, 0.3) is 0 Å². The Kier molecular flexibility index (Phi) is 4.99. The highest BCUT2D eigenvalue weighted by Crippen LogP contribution is 2.33. The van der Waals surface area contributed by atoms with Crippen molar-refractivity contribution < 1.29 is 9.53 Å². The van der Waals surface area contributed by atoms with Crippen molar-refractivity contribution in [2.24, 2.45) is 17.6 Å². The van der Waals surface area contributed by atoms with Crippen molar-refractivity contribution >= 4 is 21.7 Å². The fourth-order valence-corrected chi connectivity index (χ4v) is 3.26. The van der Waals surface area contributed by atoms with Crippen LogP contribution in [0.15, 0.2) is 22.7 Å². The van der Waals surface area contributed by atoms with E-state index >= 15 is 0 Å². The third kappa shape index (κ3) is 3.37. The molecule has 2 atom stereocenters. The highest BCUT2D eigenvalue weighted by molar-refractivity contribution is 9.10. The largest absolute Gasteiger partial charge is 0.497 e. The van der Waals surface area contributed by atoms with Crippen LogP contribution >= 0.6 is 15.9 Å². The third-order valence-electron chi connectivity index (χ3n) is 3.99. The summed E-state index contributed by atoms with van der Waals surface area (Å²) in [5.74, 6) is 1.61. The van der Waals surface area contributed by atoms with Crippen LogP contribution in [-0.2, 0) is 11.2 Å². The number of carbonyl (C=O) groups excluding carboxylic acids is 1. The van der Waals surface area contributed by atoms with Gasteiger partial charge >= 0.3 is 0 Å². The Labute approximate surface area is 122 Å². The highest BCUT2D eigenvalue weighted by Gasteiger charge is 2.31. The van der Waals surface area contributed by atoms with Crippen LogP contribution in [0.3, 0.4) is 0 Å². The summed E-state index contributed by atoms with van der Waals surface area (Å²) in [4.78, 5) is 12.4. The molecule has 1 aromatic rings. The second-order valence-electron chi connectivity index (χ2n) is 5.13. The maximum atomic E-state index is 12.4. The molecule has 1 aromatic carbocycles. The number of methoxy groups -OCH3 is 1. The Morgan fingerprint density at radius 2 is 2.26 bits per heavy atom. The number of hydrogen-bond acceptors (Lipinski definition) is 3. The van der Waals surface area contributed by atoms with E-state index in [1.807, 2.05) is 18.2 Å².